The minimum absolute atomic E-state index is 0.433. The molecule has 0 aliphatic rings. The first kappa shape index (κ1) is 10.7. The molecule has 16 heavy (non-hydrogen) atoms. The molecule has 2 aromatic rings. The van der Waals surface area contributed by atoms with Gasteiger partial charge in [-0.15, -0.1) is 0 Å². The highest BCUT2D eigenvalue weighted by Gasteiger charge is 2.30. The van der Waals surface area contributed by atoms with Gasteiger partial charge in [-0.1, -0.05) is 12.1 Å². The molecular formula is C11H9F3N2. The second-order valence-corrected chi connectivity index (χ2v) is 3.49. The van der Waals surface area contributed by atoms with Crippen LogP contribution in [-0.4, -0.2) is 9.97 Å². The fourth-order valence-corrected chi connectivity index (χ4v) is 1.40. The van der Waals surface area contributed by atoms with E-state index < -0.39 is 11.7 Å². The van der Waals surface area contributed by atoms with E-state index in [1.54, 1.807) is 19.2 Å². The van der Waals surface area contributed by atoms with E-state index in [1.807, 2.05) is 0 Å². The number of hydrogen-bond donors (Lipinski definition) is 1. The molecule has 0 atom stereocenters. The summed E-state index contributed by atoms with van der Waals surface area (Å²) < 4.78 is 37.4. The molecule has 0 aliphatic carbocycles. The SMILES string of the molecule is Cc1cnc(-c2cccc(C(F)(F)F)c2)[nH]1. The fraction of sp³-hybridized carbons (Fsp3) is 0.182. The predicted octanol–water partition coefficient (Wildman–Crippen LogP) is 3.40. The van der Waals surface area contributed by atoms with Crippen molar-refractivity contribution in [2.24, 2.45) is 0 Å². The van der Waals surface area contributed by atoms with E-state index in [2.05, 4.69) is 9.97 Å². The third kappa shape index (κ3) is 2.08. The van der Waals surface area contributed by atoms with E-state index in [1.165, 1.54) is 6.07 Å². The summed E-state index contributed by atoms with van der Waals surface area (Å²) in [7, 11) is 0. The third-order valence-electron chi connectivity index (χ3n) is 2.17. The Hall–Kier alpha value is -1.78. The molecule has 0 amide bonds. The molecule has 2 nitrogen and oxygen atoms in total. The Kier molecular flexibility index (Phi) is 2.46. The number of nitrogens with zero attached hydrogens (tertiary/aromatic N) is 1. The summed E-state index contributed by atoms with van der Waals surface area (Å²) in [5, 5.41) is 0. The summed E-state index contributed by atoms with van der Waals surface area (Å²) in [6, 6.07) is 5.08. The van der Waals surface area contributed by atoms with Gasteiger partial charge in [-0.25, -0.2) is 4.98 Å². The van der Waals surface area contributed by atoms with Crippen LogP contribution in [-0.2, 0) is 6.18 Å². The smallest absolute Gasteiger partial charge is 0.342 e. The molecule has 0 fully saturated rings. The molecule has 5 heteroatoms. The second-order valence-electron chi connectivity index (χ2n) is 3.49. The molecule has 1 N–H and O–H groups in total. The summed E-state index contributed by atoms with van der Waals surface area (Å²) in [4.78, 5) is 6.88. The molecule has 1 heterocycles. The van der Waals surface area contributed by atoms with E-state index in [0.29, 0.717) is 11.4 Å². The predicted molar refractivity (Wildman–Crippen MR) is 53.8 cm³/mol. The quantitative estimate of drug-likeness (QED) is 0.793. The number of aromatic nitrogens is 2. The second kappa shape index (κ2) is 3.66. The van der Waals surface area contributed by atoms with Gasteiger partial charge in [0.05, 0.1) is 5.56 Å². The first-order valence-electron chi connectivity index (χ1n) is 4.66. The monoisotopic (exact) mass is 226 g/mol. The van der Waals surface area contributed by atoms with Gasteiger partial charge in [-0.05, 0) is 19.1 Å². The number of rotatable bonds is 1. The van der Waals surface area contributed by atoms with Crippen molar-refractivity contribution in [3.8, 4) is 11.4 Å². The van der Waals surface area contributed by atoms with Crippen molar-refractivity contribution in [3.63, 3.8) is 0 Å². The number of nitrogens with one attached hydrogen (secondary N) is 1. The van der Waals surface area contributed by atoms with E-state index in [4.69, 9.17) is 0 Å². The van der Waals surface area contributed by atoms with E-state index >= 15 is 0 Å². The zero-order chi connectivity index (χ0) is 11.8. The number of alkyl halides is 3. The highest BCUT2D eigenvalue weighted by atomic mass is 19.4. The fourth-order valence-electron chi connectivity index (χ4n) is 1.40. The van der Waals surface area contributed by atoms with Crippen LogP contribution in [0.25, 0.3) is 11.4 Å². The molecule has 0 aliphatic heterocycles. The zero-order valence-electron chi connectivity index (χ0n) is 8.47. The maximum absolute atomic E-state index is 12.5. The highest BCUT2D eigenvalue weighted by Crippen LogP contribution is 2.31. The Morgan fingerprint density at radius 2 is 2.00 bits per heavy atom. The van der Waals surface area contributed by atoms with Crippen molar-refractivity contribution in [3.05, 3.63) is 41.7 Å². The Labute approximate surface area is 90.1 Å². The maximum Gasteiger partial charge on any atom is 0.416 e. The van der Waals surface area contributed by atoms with E-state index in [9.17, 15) is 13.2 Å². The van der Waals surface area contributed by atoms with Crippen LogP contribution < -0.4 is 0 Å². The Balaban J connectivity index is 2.44. The first-order chi connectivity index (χ1) is 7.47. The zero-order valence-corrected chi connectivity index (χ0v) is 8.47. The van der Waals surface area contributed by atoms with Crippen molar-refractivity contribution >= 4 is 0 Å². The maximum atomic E-state index is 12.5. The molecule has 0 spiro atoms. The number of hydrogen-bond acceptors (Lipinski definition) is 1. The van der Waals surface area contributed by atoms with Gasteiger partial charge in [0.1, 0.15) is 5.82 Å². The lowest BCUT2D eigenvalue weighted by atomic mass is 10.1. The lowest BCUT2D eigenvalue weighted by molar-refractivity contribution is -0.137. The summed E-state index contributed by atoms with van der Waals surface area (Å²) in [5.74, 6) is 0.448. The van der Waals surface area contributed by atoms with Crippen LogP contribution in [0, 0.1) is 6.92 Å². The number of benzene rings is 1. The molecule has 0 saturated carbocycles. The van der Waals surface area contributed by atoms with Crippen LogP contribution >= 0.6 is 0 Å². The Bertz CT molecular complexity index is 500. The van der Waals surface area contributed by atoms with Gasteiger partial charge in [0, 0.05) is 17.5 Å². The molecule has 1 aromatic heterocycles. The number of imidazole rings is 1. The molecule has 0 unspecified atom stereocenters. The Morgan fingerprint density at radius 1 is 1.25 bits per heavy atom. The Morgan fingerprint density at radius 3 is 2.56 bits per heavy atom. The van der Waals surface area contributed by atoms with E-state index in [0.717, 1.165) is 17.8 Å². The highest BCUT2D eigenvalue weighted by molar-refractivity contribution is 5.56. The van der Waals surface area contributed by atoms with Crippen LogP contribution in [0.4, 0.5) is 13.2 Å². The van der Waals surface area contributed by atoms with E-state index in [-0.39, 0.29) is 0 Å². The molecular weight excluding hydrogens is 217 g/mol. The number of aryl methyl sites for hydroxylation is 1. The van der Waals surface area contributed by atoms with Gasteiger partial charge < -0.3 is 4.98 Å². The average molecular weight is 226 g/mol. The molecule has 1 aromatic carbocycles. The van der Waals surface area contributed by atoms with Gasteiger partial charge in [-0.3, -0.25) is 0 Å². The molecule has 0 saturated heterocycles. The van der Waals surface area contributed by atoms with Crippen LogP contribution in [0.2, 0.25) is 0 Å². The summed E-state index contributed by atoms with van der Waals surface area (Å²) in [6.07, 6.45) is -2.74. The lowest BCUT2D eigenvalue weighted by Crippen LogP contribution is -2.04. The normalized spacial score (nSPS) is 11.8. The standard InChI is InChI=1S/C11H9F3N2/c1-7-6-15-10(16-7)8-3-2-4-9(5-8)11(12,13)14/h2-6H,1H3,(H,15,16). The van der Waals surface area contributed by atoms with Crippen LogP contribution in [0.1, 0.15) is 11.3 Å². The number of H-pyrrole nitrogens is 1. The summed E-state index contributed by atoms with van der Waals surface area (Å²) >= 11 is 0. The van der Waals surface area contributed by atoms with Crippen molar-refractivity contribution in [2.45, 2.75) is 13.1 Å². The van der Waals surface area contributed by atoms with Crippen LogP contribution in [0.15, 0.2) is 30.5 Å². The minimum Gasteiger partial charge on any atom is -0.342 e. The number of aromatic amines is 1. The first-order valence-corrected chi connectivity index (χ1v) is 4.66. The lowest BCUT2D eigenvalue weighted by Gasteiger charge is -2.07. The van der Waals surface area contributed by atoms with Gasteiger partial charge in [0.25, 0.3) is 0 Å². The third-order valence-corrected chi connectivity index (χ3v) is 2.17. The van der Waals surface area contributed by atoms with Crippen LogP contribution in [0.5, 0.6) is 0 Å². The van der Waals surface area contributed by atoms with Gasteiger partial charge in [-0.2, -0.15) is 13.2 Å². The van der Waals surface area contributed by atoms with Crippen LogP contribution in [0.3, 0.4) is 0 Å². The molecule has 0 bridgehead atoms. The summed E-state index contributed by atoms with van der Waals surface area (Å²) in [5.41, 5.74) is 0.578. The van der Waals surface area contributed by atoms with Crippen molar-refractivity contribution in [1.82, 2.24) is 9.97 Å². The van der Waals surface area contributed by atoms with Crippen molar-refractivity contribution in [1.29, 1.82) is 0 Å². The van der Waals surface area contributed by atoms with Crippen molar-refractivity contribution in [2.75, 3.05) is 0 Å². The molecule has 84 valence electrons. The summed E-state index contributed by atoms with van der Waals surface area (Å²) in [6.45, 7) is 1.80. The molecule has 2 rings (SSSR count). The van der Waals surface area contributed by atoms with Crippen molar-refractivity contribution < 1.29 is 13.2 Å². The molecule has 0 radical (unpaired) electrons. The topological polar surface area (TPSA) is 28.7 Å². The minimum atomic E-state index is -4.32. The van der Waals surface area contributed by atoms with Gasteiger partial charge >= 0.3 is 6.18 Å². The number of halogens is 3. The van der Waals surface area contributed by atoms with Gasteiger partial charge in [0.15, 0.2) is 0 Å². The van der Waals surface area contributed by atoms with Gasteiger partial charge in [0.2, 0.25) is 0 Å². The average Bonchev–Trinajstić information content (AvgIpc) is 2.64. The largest absolute Gasteiger partial charge is 0.416 e.